The molecule has 5 heteroatoms. The number of likely N-dealkylation sites (N-methyl/N-ethyl adjacent to an activating group) is 1. The first-order valence-corrected chi connectivity index (χ1v) is 5.17. The molecule has 0 radical (unpaired) electrons. The molecule has 5 nitrogen and oxygen atoms in total. The molecule has 1 aliphatic rings. The molecule has 0 saturated heterocycles. The maximum absolute atomic E-state index is 11.9. The van der Waals surface area contributed by atoms with Crippen LogP contribution >= 0.6 is 0 Å². The number of nitrogens with one attached hydrogen (secondary N) is 1. The first-order valence-electron chi connectivity index (χ1n) is 5.17. The van der Waals surface area contributed by atoms with Gasteiger partial charge < -0.3 is 9.47 Å². The Labute approximate surface area is 99.4 Å². The van der Waals surface area contributed by atoms with E-state index in [2.05, 4.69) is 0 Å². The summed E-state index contributed by atoms with van der Waals surface area (Å²) in [5.41, 5.74) is -0.755. The summed E-state index contributed by atoms with van der Waals surface area (Å²) in [5.74, 6) is -0.0692. The molecule has 0 aliphatic carbocycles. The number of fused-ring (bicyclic) bond motifs is 1. The molecule has 0 bridgehead atoms. The summed E-state index contributed by atoms with van der Waals surface area (Å²) in [6.07, 6.45) is 0. The summed E-state index contributed by atoms with van der Waals surface area (Å²) in [4.78, 5) is 13.5. The Kier molecular flexibility index (Phi) is 2.63. The molecule has 0 fully saturated rings. The molecule has 1 aromatic rings. The van der Waals surface area contributed by atoms with Gasteiger partial charge in [0.05, 0.1) is 7.11 Å². The zero-order valence-corrected chi connectivity index (χ0v) is 9.98. The predicted molar refractivity (Wildman–Crippen MR) is 62.3 cm³/mol. The predicted octanol–water partition coefficient (Wildman–Crippen LogP) is 0.878. The van der Waals surface area contributed by atoms with Gasteiger partial charge >= 0.3 is 11.7 Å². The number of hydrogen-bond donors (Lipinski definition) is 1. The number of benzene rings is 1. The van der Waals surface area contributed by atoms with Crippen molar-refractivity contribution in [3.63, 3.8) is 0 Å². The number of rotatable bonds is 2. The van der Waals surface area contributed by atoms with Crippen molar-refractivity contribution in [3.8, 4) is 5.75 Å². The summed E-state index contributed by atoms with van der Waals surface area (Å²) in [6.45, 7) is 0. The molecule has 0 amide bonds. The molecule has 1 atom stereocenters. The quantitative estimate of drug-likeness (QED) is 0.771. The Hall–Kier alpha value is -1.88. The Morgan fingerprint density at radius 2 is 2.06 bits per heavy atom. The zero-order chi connectivity index (χ0) is 12.6. The second-order valence-corrected chi connectivity index (χ2v) is 4.00. The van der Waals surface area contributed by atoms with E-state index < -0.39 is 11.7 Å². The Morgan fingerprint density at radius 3 is 2.59 bits per heavy atom. The van der Waals surface area contributed by atoms with Crippen LogP contribution in [0.1, 0.15) is 5.56 Å². The maximum atomic E-state index is 11.9. The van der Waals surface area contributed by atoms with Crippen molar-refractivity contribution in [1.82, 2.24) is 4.90 Å². The van der Waals surface area contributed by atoms with Gasteiger partial charge in [-0.25, -0.2) is 4.79 Å². The standard InChI is InChI=1S/C12H14N2O3/c1-14(2)12(11(15)16-3)10(13)8-6-4-5-7-9(8)17-12/h4-7,13H,1-3H3. The third-order valence-corrected chi connectivity index (χ3v) is 2.84. The van der Waals surface area contributed by atoms with Crippen molar-refractivity contribution in [1.29, 1.82) is 5.41 Å². The van der Waals surface area contributed by atoms with Gasteiger partial charge in [0, 0.05) is 5.56 Å². The van der Waals surface area contributed by atoms with Gasteiger partial charge in [-0.1, -0.05) is 12.1 Å². The summed E-state index contributed by atoms with van der Waals surface area (Å²) < 4.78 is 10.4. The molecule has 1 N–H and O–H groups in total. The minimum atomic E-state index is -1.47. The highest BCUT2D eigenvalue weighted by molar-refractivity contribution is 6.20. The van der Waals surface area contributed by atoms with Gasteiger partial charge in [-0.15, -0.1) is 0 Å². The number of esters is 1. The van der Waals surface area contributed by atoms with Crippen molar-refractivity contribution in [2.75, 3.05) is 21.2 Å². The fourth-order valence-electron chi connectivity index (χ4n) is 1.93. The topological polar surface area (TPSA) is 62.6 Å². The highest BCUT2D eigenvalue weighted by Crippen LogP contribution is 2.36. The molecule has 90 valence electrons. The van der Waals surface area contributed by atoms with Gasteiger partial charge in [0.25, 0.3) is 0 Å². The Morgan fingerprint density at radius 1 is 1.41 bits per heavy atom. The highest BCUT2D eigenvalue weighted by atomic mass is 16.6. The van der Waals surface area contributed by atoms with E-state index in [-0.39, 0.29) is 5.71 Å². The number of carbonyl (C=O) groups is 1. The van der Waals surface area contributed by atoms with E-state index in [1.165, 1.54) is 7.11 Å². The van der Waals surface area contributed by atoms with Gasteiger partial charge in [-0.2, -0.15) is 0 Å². The fourth-order valence-corrected chi connectivity index (χ4v) is 1.93. The third-order valence-electron chi connectivity index (χ3n) is 2.84. The summed E-state index contributed by atoms with van der Waals surface area (Å²) >= 11 is 0. The van der Waals surface area contributed by atoms with E-state index in [0.29, 0.717) is 11.3 Å². The van der Waals surface area contributed by atoms with E-state index in [1.54, 1.807) is 43.3 Å². The largest absolute Gasteiger partial charge is 0.465 e. The van der Waals surface area contributed by atoms with Crippen LogP contribution in [0.15, 0.2) is 24.3 Å². The van der Waals surface area contributed by atoms with Crippen molar-refractivity contribution >= 4 is 11.7 Å². The minimum absolute atomic E-state index is 0.102. The normalized spacial score (nSPS) is 22.2. The van der Waals surface area contributed by atoms with Crippen LogP contribution in [0.25, 0.3) is 0 Å². The van der Waals surface area contributed by atoms with Crippen LogP contribution in [0, 0.1) is 5.41 Å². The van der Waals surface area contributed by atoms with Crippen molar-refractivity contribution < 1.29 is 14.3 Å². The lowest BCUT2D eigenvalue weighted by Crippen LogP contribution is -2.59. The van der Waals surface area contributed by atoms with Crippen molar-refractivity contribution in [2.24, 2.45) is 0 Å². The van der Waals surface area contributed by atoms with Crippen LogP contribution in [-0.2, 0) is 9.53 Å². The molecule has 17 heavy (non-hydrogen) atoms. The van der Waals surface area contributed by atoms with Crippen LogP contribution in [-0.4, -0.2) is 43.5 Å². The molecule has 0 spiro atoms. The van der Waals surface area contributed by atoms with Crippen LogP contribution in [0.3, 0.4) is 0 Å². The SMILES string of the molecule is COC(=O)C1(N(C)C)Oc2ccccc2C1=N. The fraction of sp³-hybridized carbons (Fsp3) is 0.333. The molecular weight excluding hydrogens is 220 g/mol. The number of carbonyl (C=O) groups excluding carboxylic acids is 1. The zero-order valence-electron chi connectivity index (χ0n) is 9.98. The van der Waals surface area contributed by atoms with Crippen molar-refractivity contribution in [3.05, 3.63) is 29.8 Å². The lowest BCUT2D eigenvalue weighted by atomic mass is 10.0. The van der Waals surface area contributed by atoms with Gasteiger partial charge in [0.1, 0.15) is 11.5 Å². The maximum Gasteiger partial charge on any atom is 0.373 e. The third kappa shape index (κ3) is 1.43. The minimum Gasteiger partial charge on any atom is -0.465 e. The molecule has 0 aromatic heterocycles. The molecule has 1 aromatic carbocycles. The lowest BCUT2D eigenvalue weighted by Gasteiger charge is -2.31. The van der Waals surface area contributed by atoms with E-state index in [1.807, 2.05) is 0 Å². The average Bonchev–Trinajstić information content (AvgIpc) is 2.63. The molecular formula is C12H14N2O3. The molecule has 1 heterocycles. The summed E-state index contributed by atoms with van der Waals surface area (Å²) in [5, 5.41) is 8.13. The Balaban J connectivity index is 2.55. The Bertz CT molecular complexity index is 484. The number of ether oxygens (including phenoxy) is 2. The smallest absolute Gasteiger partial charge is 0.373 e. The van der Waals surface area contributed by atoms with Gasteiger partial charge in [0.15, 0.2) is 0 Å². The van der Waals surface area contributed by atoms with E-state index in [0.717, 1.165) is 0 Å². The van der Waals surface area contributed by atoms with Crippen LogP contribution < -0.4 is 4.74 Å². The average molecular weight is 234 g/mol. The second-order valence-electron chi connectivity index (χ2n) is 4.00. The van der Waals surface area contributed by atoms with Gasteiger partial charge in [0.2, 0.25) is 0 Å². The summed E-state index contributed by atoms with van der Waals surface area (Å²) in [7, 11) is 4.64. The number of nitrogens with zero attached hydrogens (tertiary/aromatic N) is 1. The van der Waals surface area contributed by atoms with Gasteiger partial charge in [-0.3, -0.25) is 10.3 Å². The first-order chi connectivity index (χ1) is 8.04. The molecule has 2 rings (SSSR count). The van der Waals surface area contributed by atoms with Crippen molar-refractivity contribution in [2.45, 2.75) is 5.72 Å². The van der Waals surface area contributed by atoms with Crippen LogP contribution in [0.5, 0.6) is 5.75 Å². The van der Waals surface area contributed by atoms with Crippen LogP contribution in [0.4, 0.5) is 0 Å². The lowest BCUT2D eigenvalue weighted by molar-refractivity contribution is -0.162. The number of hydrogen-bond acceptors (Lipinski definition) is 5. The molecule has 1 unspecified atom stereocenters. The van der Waals surface area contributed by atoms with E-state index in [4.69, 9.17) is 14.9 Å². The highest BCUT2D eigenvalue weighted by Gasteiger charge is 2.54. The monoisotopic (exact) mass is 234 g/mol. The number of methoxy groups -OCH3 is 1. The molecule has 1 aliphatic heterocycles. The van der Waals surface area contributed by atoms with E-state index in [9.17, 15) is 4.79 Å². The van der Waals surface area contributed by atoms with E-state index >= 15 is 0 Å². The summed E-state index contributed by atoms with van der Waals surface area (Å²) in [6, 6.07) is 7.10. The first kappa shape index (κ1) is 11.6. The van der Waals surface area contributed by atoms with Crippen LogP contribution in [0.2, 0.25) is 0 Å². The van der Waals surface area contributed by atoms with Gasteiger partial charge in [-0.05, 0) is 26.2 Å². The second kappa shape index (κ2) is 3.85. The molecule has 0 saturated carbocycles. The number of para-hydroxylation sites is 1.